The lowest BCUT2D eigenvalue weighted by Crippen LogP contribution is -2.29. The Morgan fingerprint density at radius 1 is 1.17 bits per heavy atom. The number of rotatable bonds is 5. The monoisotopic (exact) mass is 342 g/mol. The van der Waals surface area contributed by atoms with Crippen molar-refractivity contribution in [2.45, 2.75) is 13.5 Å². The number of hydrogen-bond donors (Lipinski definition) is 2. The van der Waals surface area contributed by atoms with E-state index in [1.807, 2.05) is 5.32 Å². The Kier molecular flexibility index (Phi) is 5.46. The van der Waals surface area contributed by atoms with Crippen LogP contribution in [0.4, 0.5) is 23.7 Å². The van der Waals surface area contributed by atoms with Crippen molar-refractivity contribution in [2.75, 3.05) is 11.9 Å². The zero-order valence-electron chi connectivity index (χ0n) is 12.5. The molecule has 0 saturated carbocycles. The molecule has 0 aliphatic carbocycles. The number of nitrogens with one attached hydrogen (secondary N) is 2. The lowest BCUT2D eigenvalue weighted by molar-refractivity contribution is 0.0488. The van der Waals surface area contributed by atoms with Crippen LogP contribution in [0.1, 0.15) is 23.2 Å². The molecule has 0 fully saturated rings. The lowest BCUT2D eigenvalue weighted by atomic mass is 10.3. The molecule has 1 heterocycles. The summed E-state index contributed by atoms with van der Waals surface area (Å²) in [4.78, 5) is 23.0. The number of halogens is 3. The predicted molar refractivity (Wildman–Crippen MR) is 76.8 cm³/mol. The Hall–Kier alpha value is -2.97. The number of amides is 2. The van der Waals surface area contributed by atoms with Gasteiger partial charge in [-0.25, -0.2) is 22.8 Å². The normalized spacial score (nSPS) is 10.3. The third-order valence-electron chi connectivity index (χ3n) is 2.81. The number of benzene rings is 1. The Morgan fingerprint density at radius 3 is 2.46 bits per heavy atom. The highest BCUT2D eigenvalue weighted by atomic mass is 19.1. The average Bonchev–Trinajstić information content (AvgIpc) is 2.98. The number of carbonyl (C=O) groups excluding carboxylic acids is 2. The second kappa shape index (κ2) is 7.53. The van der Waals surface area contributed by atoms with Gasteiger partial charge in [-0.2, -0.15) is 0 Å². The molecule has 9 heteroatoms. The number of ether oxygens (including phenoxy) is 1. The standard InChI is InChI=1S/C15H13F3N2O4/c1-2-23-14(21)12-4-3-9(24-12)7-19-15(22)20-13-10(17)5-8(16)6-11(13)18/h3-6H,2,7H2,1H3,(H2,19,20,22). The summed E-state index contributed by atoms with van der Waals surface area (Å²) in [6.07, 6.45) is 0. The van der Waals surface area contributed by atoms with Crippen molar-refractivity contribution in [3.05, 3.63) is 53.2 Å². The molecule has 128 valence electrons. The van der Waals surface area contributed by atoms with Crippen molar-refractivity contribution >= 4 is 17.7 Å². The van der Waals surface area contributed by atoms with Crippen LogP contribution >= 0.6 is 0 Å². The number of esters is 1. The van der Waals surface area contributed by atoms with Crippen molar-refractivity contribution in [1.29, 1.82) is 0 Å². The zero-order valence-corrected chi connectivity index (χ0v) is 12.5. The fourth-order valence-corrected chi connectivity index (χ4v) is 1.77. The predicted octanol–water partition coefficient (Wildman–Crippen LogP) is 3.20. The molecule has 0 radical (unpaired) electrons. The van der Waals surface area contributed by atoms with Crippen LogP contribution in [0.5, 0.6) is 0 Å². The minimum Gasteiger partial charge on any atom is -0.460 e. The van der Waals surface area contributed by atoms with Crippen LogP contribution in [0.25, 0.3) is 0 Å². The van der Waals surface area contributed by atoms with Gasteiger partial charge in [-0.3, -0.25) is 0 Å². The van der Waals surface area contributed by atoms with Gasteiger partial charge in [-0.15, -0.1) is 0 Å². The van der Waals surface area contributed by atoms with Gasteiger partial charge in [-0.1, -0.05) is 0 Å². The molecule has 0 unspecified atom stereocenters. The summed E-state index contributed by atoms with van der Waals surface area (Å²) in [5.74, 6) is -4.05. The summed E-state index contributed by atoms with van der Waals surface area (Å²) in [6, 6.07) is 2.75. The first-order valence-corrected chi connectivity index (χ1v) is 6.86. The van der Waals surface area contributed by atoms with Crippen LogP contribution < -0.4 is 10.6 Å². The van der Waals surface area contributed by atoms with Crippen LogP contribution in [0.3, 0.4) is 0 Å². The topological polar surface area (TPSA) is 80.6 Å². The summed E-state index contributed by atoms with van der Waals surface area (Å²) in [5, 5.41) is 4.20. The number of furan rings is 1. The summed E-state index contributed by atoms with van der Waals surface area (Å²) >= 11 is 0. The van der Waals surface area contributed by atoms with E-state index in [4.69, 9.17) is 9.15 Å². The average molecular weight is 342 g/mol. The van der Waals surface area contributed by atoms with E-state index in [2.05, 4.69) is 5.32 Å². The van der Waals surface area contributed by atoms with Crippen LogP contribution in [0.15, 0.2) is 28.7 Å². The van der Waals surface area contributed by atoms with Crippen molar-refractivity contribution in [3.8, 4) is 0 Å². The Morgan fingerprint density at radius 2 is 1.83 bits per heavy atom. The van der Waals surface area contributed by atoms with Gasteiger partial charge in [0.25, 0.3) is 0 Å². The molecule has 1 aromatic heterocycles. The molecule has 2 rings (SSSR count). The molecule has 0 atom stereocenters. The second-order valence-electron chi connectivity index (χ2n) is 4.54. The van der Waals surface area contributed by atoms with Crippen molar-refractivity contribution in [1.82, 2.24) is 5.32 Å². The van der Waals surface area contributed by atoms with Crippen LogP contribution in [0, 0.1) is 17.5 Å². The van der Waals surface area contributed by atoms with Crippen LogP contribution in [-0.4, -0.2) is 18.6 Å². The van der Waals surface area contributed by atoms with Gasteiger partial charge < -0.3 is 19.8 Å². The van der Waals surface area contributed by atoms with E-state index in [-0.39, 0.29) is 24.7 Å². The molecular formula is C15H13F3N2O4. The number of urea groups is 1. The van der Waals surface area contributed by atoms with E-state index < -0.39 is 35.1 Å². The molecule has 24 heavy (non-hydrogen) atoms. The molecule has 0 spiro atoms. The molecule has 2 aromatic rings. The van der Waals surface area contributed by atoms with E-state index in [0.29, 0.717) is 12.1 Å². The molecule has 2 amide bonds. The minimum absolute atomic E-state index is 0.0373. The van der Waals surface area contributed by atoms with Gasteiger partial charge >= 0.3 is 12.0 Å². The minimum atomic E-state index is -1.25. The third-order valence-corrected chi connectivity index (χ3v) is 2.81. The van der Waals surface area contributed by atoms with Gasteiger partial charge in [0.05, 0.1) is 13.2 Å². The maximum atomic E-state index is 13.4. The molecular weight excluding hydrogens is 329 g/mol. The van der Waals surface area contributed by atoms with Gasteiger partial charge in [0.2, 0.25) is 5.76 Å². The molecule has 6 nitrogen and oxygen atoms in total. The molecule has 2 N–H and O–H groups in total. The maximum Gasteiger partial charge on any atom is 0.374 e. The molecule has 0 aliphatic rings. The fourth-order valence-electron chi connectivity index (χ4n) is 1.77. The molecule has 1 aromatic carbocycles. The summed E-state index contributed by atoms with van der Waals surface area (Å²) in [6.45, 7) is 1.68. The first-order valence-electron chi connectivity index (χ1n) is 6.86. The Bertz CT molecular complexity index is 738. The quantitative estimate of drug-likeness (QED) is 0.818. The highest BCUT2D eigenvalue weighted by molar-refractivity contribution is 5.89. The SMILES string of the molecule is CCOC(=O)c1ccc(CNC(=O)Nc2c(F)cc(F)cc2F)o1. The zero-order chi connectivity index (χ0) is 17.7. The van der Waals surface area contributed by atoms with Gasteiger partial charge in [0, 0.05) is 12.1 Å². The molecule has 0 bridgehead atoms. The largest absolute Gasteiger partial charge is 0.460 e. The molecule has 0 aliphatic heterocycles. The highest BCUT2D eigenvalue weighted by Gasteiger charge is 2.15. The van der Waals surface area contributed by atoms with Gasteiger partial charge in [0.15, 0.2) is 11.6 Å². The Balaban J connectivity index is 1.93. The van der Waals surface area contributed by atoms with E-state index >= 15 is 0 Å². The lowest BCUT2D eigenvalue weighted by Gasteiger charge is -2.08. The van der Waals surface area contributed by atoms with Crippen LogP contribution in [0.2, 0.25) is 0 Å². The van der Waals surface area contributed by atoms with E-state index in [1.54, 1.807) is 6.92 Å². The number of carbonyl (C=O) groups is 2. The van der Waals surface area contributed by atoms with Crippen molar-refractivity contribution in [2.24, 2.45) is 0 Å². The molecule has 0 saturated heterocycles. The van der Waals surface area contributed by atoms with E-state index in [9.17, 15) is 22.8 Å². The van der Waals surface area contributed by atoms with Gasteiger partial charge in [0.1, 0.15) is 17.3 Å². The van der Waals surface area contributed by atoms with Crippen molar-refractivity contribution in [3.63, 3.8) is 0 Å². The van der Waals surface area contributed by atoms with E-state index in [0.717, 1.165) is 0 Å². The number of hydrogen-bond acceptors (Lipinski definition) is 4. The summed E-state index contributed by atoms with van der Waals surface area (Å²) in [5.41, 5.74) is -0.777. The maximum absolute atomic E-state index is 13.4. The smallest absolute Gasteiger partial charge is 0.374 e. The summed E-state index contributed by atoms with van der Waals surface area (Å²) < 4.78 is 49.5. The third kappa shape index (κ3) is 4.28. The van der Waals surface area contributed by atoms with Crippen LogP contribution in [-0.2, 0) is 11.3 Å². The summed E-state index contributed by atoms with van der Waals surface area (Å²) in [7, 11) is 0. The fraction of sp³-hybridized carbons (Fsp3) is 0.200. The van der Waals surface area contributed by atoms with Gasteiger partial charge in [-0.05, 0) is 19.1 Å². The van der Waals surface area contributed by atoms with Crippen molar-refractivity contribution < 1.29 is 31.9 Å². The first kappa shape index (κ1) is 17.4. The number of anilines is 1. The highest BCUT2D eigenvalue weighted by Crippen LogP contribution is 2.20. The Labute approximate surface area is 134 Å². The van der Waals surface area contributed by atoms with E-state index in [1.165, 1.54) is 12.1 Å². The second-order valence-corrected chi connectivity index (χ2v) is 4.54. The first-order chi connectivity index (χ1) is 11.4.